The number of benzene rings is 1. The smallest absolute Gasteiger partial charge is 0.310 e. The molecule has 0 amide bonds. The van der Waals surface area contributed by atoms with Crippen molar-refractivity contribution in [2.24, 2.45) is 0 Å². The van der Waals surface area contributed by atoms with E-state index in [0.29, 0.717) is 6.54 Å². The lowest BCUT2D eigenvalue weighted by molar-refractivity contribution is -0.140. The Bertz CT molecular complexity index is 373. The van der Waals surface area contributed by atoms with Gasteiger partial charge in [0.05, 0.1) is 5.56 Å². The molecule has 0 fully saturated rings. The molecule has 1 atom stereocenters. The van der Waals surface area contributed by atoms with E-state index in [1.807, 2.05) is 6.92 Å². The summed E-state index contributed by atoms with van der Waals surface area (Å²) >= 11 is 0. The molecule has 1 aromatic rings. The summed E-state index contributed by atoms with van der Waals surface area (Å²) in [5.74, 6) is -1.18. The number of halogens is 4. The fourth-order valence-electron chi connectivity index (χ4n) is 1.57. The molecule has 96 valence electrons. The summed E-state index contributed by atoms with van der Waals surface area (Å²) in [6.07, 6.45) is -3.81. The molecule has 5 heteroatoms. The van der Waals surface area contributed by atoms with Crippen LogP contribution in [0.5, 0.6) is 0 Å². The molecule has 0 saturated heterocycles. The maximum Gasteiger partial charge on any atom is 0.419 e. The second-order valence-electron chi connectivity index (χ2n) is 3.88. The molecule has 1 aromatic carbocycles. The van der Waals surface area contributed by atoms with Crippen LogP contribution in [0, 0.1) is 5.82 Å². The minimum absolute atomic E-state index is 0.0493. The third kappa shape index (κ3) is 3.43. The second kappa shape index (κ2) is 5.49. The van der Waals surface area contributed by atoms with Gasteiger partial charge in [-0.05, 0) is 26.0 Å². The van der Waals surface area contributed by atoms with Crippen molar-refractivity contribution in [3.05, 3.63) is 35.1 Å². The van der Waals surface area contributed by atoms with E-state index in [0.717, 1.165) is 12.5 Å². The van der Waals surface area contributed by atoms with Gasteiger partial charge >= 0.3 is 6.18 Å². The Labute approximate surface area is 97.8 Å². The standard InChI is InChI=1S/C12H15F4N/c1-3-7-17-8(2)9-5-4-6-10(11(9)13)12(14,15)16/h4-6,8,17H,3,7H2,1-2H3. The number of rotatable bonds is 4. The van der Waals surface area contributed by atoms with Crippen LogP contribution < -0.4 is 5.32 Å². The topological polar surface area (TPSA) is 12.0 Å². The minimum atomic E-state index is -4.65. The molecular weight excluding hydrogens is 234 g/mol. The zero-order valence-corrected chi connectivity index (χ0v) is 9.74. The zero-order chi connectivity index (χ0) is 13.1. The van der Waals surface area contributed by atoms with Crippen molar-refractivity contribution in [1.82, 2.24) is 5.32 Å². The molecule has 0 spiro atoms. The van der Waals surface area contributed by atoms with Crippen molar-refractivity contribution >= 4 is 0 Å². The van der Waals surface area contributed by atoms with Crippen molar-refractivity contribution in [2.75, 3.05) is 6.54 Å². The molecule has 0 aromatic heterocycles. The molecule has 0 aliphatic rings. The van der Waals surface area contributed by atoms with Gasteiger partial charge in [-0.2, -0.15) is 13.2 Å². The highest BCUT2D eigenvalue weighted by Crippen LogP contribution is 2.33. The Morgan fingerprint density at radius 2 is 1.94 bits per heavy atom. The SMILES string of the molecule is CCCNC(C)c1cccc(C(F)(F)F)c1F. The van der Waals surface area contributed by atoms with Crippen molar-refractivity contribution < 1.29 is 17.6 Å². The van der Waals surface area contributed by atoms with Gasteiger partial charge in [-0.15, -0.1) is 0 Å². The van der Waals surface area contributed by atoms with Gasteiger partial charge in [-0.1, -0.05) is 19.1 Å². The van der Waals surface area contributed by atoms with E-state index in [2.05, 4.69) is 5.32 Å². The summed E-state index contributed by atoms with van der Waals surface area (Å²) in [6.45, 7) is 4.22. The average Bonchev–Trinajstić information content (AvgIpc) is 2.24. The van der Waals surface area contributed by atoms with Crippen LogP contribution >= 0.6 is 0 Å². The van der Waals surface area contributed by atoms with Gasteiger partial charge in [0, 0.05) is 11.6 Å². The zero-order valence-electron chi connectivity index (χ0n) is 9.74. The number of alkyl halides is 3. The molecule has 1 N–H and O–H groups in total. The van der Waals surface area contributed by atoms with Gasteiger partial charge in [0.25, 0.3) is 0 Å². The van der Waals surface area contributed by atoms with Crippen LogP contribution in [0.1, 0.15) is 37.4 Å². The quantitative estimate of drug-likeness (QED) is 0.798. The van der Waals surface area contributed by atoms with Crippen molar-refractivity contribution in [3.63, 3.8) is 0 Å². The van der Waals surface area contributed by atoms with Crippen LogP contribution in [0.15, 0.2) is 18.2 Å². The largest absolute Gasteiger partial charge is 0.419 e. The monoisotopic (exact) mass is 249 g/mol. The fraction of sp³-hybridized carbons (Fsp3) is 0.500. The lowest BCUT2D eigenvalue weighted by atomic mass is 10.0. The molecular formula is C12H15F4N. The van der Waals surface area contributed by atoms with Gasteiger partial charge in [0.1, 0.15) is 5.82 Å². The Balaban J connectivity index is 3.02. The average molecular weight is 249 g/mol. The molecule has 1 nitrogen and oxygen atoms in total. The van der Waals surface area contributed by atoms with Gasteiger partial charge in [0.2, 0.25) is 0 Å². The van der Waals surface area contributed by atoms with Gasteiger partial charge < -0.3 is 5.32 Å². The fourth-order valence-corrected chi connectivity index (χ4v) is 1.57. The lowest BCUT2D eigenvalue weighted by Crippen LogP contribution is -2.21. The normalized spacial score (nSPS) is 13.8. The van der Waals surface area contributed by atoms with Crippen LogP contribution in [0.4, 0.5) is 17.6 Å². The summed E-state index contributed by atoms with van der Waals surface area (Å²) in [4.78, 5) is 0. The highest BCUT2D eigenvalue weighted by Gasteiger charge is 2.35. The first-order chi connectivity index (χ1) is 7.88. The van der Waals surface area contributed by atoms with E-state index in [1.165, 1.54) is 12.1 Å². The van der Waals surface area contributed by atoms with Crippen LogP contribution in [0.3, 0.4) is 0 Å². The van der Waals surface area contributed by atoms with Crippen LogP contribution in [0.25, 0.3) is 0 Å². The summed E-state index contributed by atoms with van der Waals surface area (Å²) in [6, 6.07) is 2.92. The maximum absolute atomic E-state index is 13.7. The second-order valence-corrected chi connectivity index (χ2v) is 3.88. The van der Waals surface area contributed by atoms with Crippen molar-refractivity contribution in [3.8, 4) is 0 Å². The van der Waals surface area contributed by atoms with Gasteiger partial charge in [-0.3, -0.25) is 0 Å². The Kier molecular flexibility index (Phi) is 4.51. The third-order valence-electron chi connectivity index (χ3n) is 2.50. The Morgan fingerprint density at radius 3 is 2.47 bits per heavy atom. The van der Waals surface area contributed by atoms with E-state index in [4.69, 9.17) is 0 Å². The van der Waals surface area contributed by atoms with Gasteiger partial charge in [0.15, 0.2) is 0 Å². The van der Waals surface area contributed by atoms with Crippen LogP contribution in [-0.4, -0.2) is 6.54 Å². The number of nitrogens with one attached hydrogen (secondary N) is 1. The van der Waals surface area contributed by atoms with Gasteiger partial charge in [-0.25, -0.2) is 4.39 Å². The van der Waals surface area contributed by atoms with Crippen LogP contribution in [-0.2, 0) is 6.18 Å². The summed E-state index contributed by atoms with van der Waals surface area (Å²) in [5, 5.41) is 2.96. The van der Waals surface area contributed by atoms with E-state index < -0.39 is 23.6 Å². The first-order valence-electron chi connectivity index (χ1n) is 5.47. The molecule has 0 bridgehead atoms. The third-order valence-corrected chi connectivity index (χ3v) is 2.50. The molecule has 17 heavy (non-hydrogen) atoms. The predicted octanol–water partition coefficient (Wildman–Crippen LogP) is 3.91. The molecule has 0 aliphatic heterocycles. The van der Waals surface area contributed by atoms with E-state index >= 15 is 0 Å². The summed E-state index contributed by atoms with van der Waals surface area (Å²) in [5.41, 5.74) is -1.16. The molecule has 0 saturated carbocycles. The van der Waals surface area contributed by atoms with E-state index in [9.17, 15) is 17.6 Å². The van der Waals surface area contributed by atoms with E-state index in [-0.39, 0.29) is 5.56 Å². The number of hydrogen-bond donors (Lipinski definition) is 1. The minimum Gasteiger partial charge on any atom is -0.310 e. The van der Waals surface area contributed by atoms with Crippen LogP contribution in [0.2, 0.25) is 0 Å². The Hall–Kier alpha value is -1.10. The number of hydrogen-bond acceptors (Lipinski definition) is 1. The van der Waals surface area contributed by atoms with Crippen molar-refractivity contribution in [1.29, 1.82) is 0 Å². The first kappa shape index (κ1) is 14.0. The highest BCUT2D eigenvalue weighted by molar-refractivity contribution is 5.30. The molecule has 1 rings (SSSR count). The highest BCUT2D eigenvalue weighted by atomic mass is 19.4. The summed E-state index contributed by atoms with van der Waals surface area (Å²) in [7, 11) is 0. The predicted molar refractivity (Wildman–Crippen MR) is 58.1 cm³/mol. The molecule has 1 unspecified atom stereocenters. The maximum atomic E-state index is 13.7. The summed E-state index contributed by atoms with van der Waals surface area (Å²) < 4.78 is 51.1. The molecule has 0 aliphatic carbocycles. The lowest BCUT2D eigenvalue weighted by Gasteiger charge is -2.17. The first-order valence-corrected chi connectivity index (χ1v) is 5.47. The Morgan fingerprint density at radius 1 is 1.29 bits per heavy atom. The van der Waals surface area contributed by atoms with E-state index in [1.54, 1.807) is 6.92 Å². The van der Waals surface area contributed by atoms with Crippen molar-refractivity contribution in [2.45, 2.75) is 32.5 Å². The molecule has 0 heterocycles. The molecule has 0 radical (unpaired) electrons.